The molecule has 0 aliphatic carbocycles. The van der Waals surface area contributed by atoms with Gasteiger partial charge in [-0.2, -0.15) is 9.78 Å². The molecule has 0 N–H and O–H groups in total. The Morgan fingerprint density at radius 1 is 1.22 bits per heavy atom. The molecule has 2 aromatic carbocycles. The van der Waals surface area contributed by atoms with Crippen LogP contribution < -0.4 is 4.74 Å². The van der Waals surface area contributed by atoms with Crippen LogP contribution in [-0.4, -0.2) is 31.3 Å². The molecule has 0 saturated carbocycles. The lowest BCUT2D eigenvalue weighted by atomic mass is 10.1. The van der Waals surface area contributed by atoms with E-state index in [-0.39, 0.29) is 12.3 Å². The van der Waals surface area contributed by atoms with Crippen LogP contribution in [0.4, 0.5) is 5.69 Å². The highest BCUT2D eigenvalue weighted by Crippen LogP contribution is 2.26. The lowest BCUT2D eigenvalue weighted by Gasteiger charge is -2.14. The second kappa shape index (κ2) is 7.37. The lowest BCUT2D eigenvalue weighted by molar-refractivity contribution is -0.384. The van der Waals surface area contributed by atoms with Crippen LogP contribution in [0.5, 0.6) is 5.75 Å². The van der Waals surface area contributed by atoms with Crippen LogP contribution in [0.15, 0.2) is 58.8 Å². The minimum atomic E-state index is -0.421. The molecule has 0 saturated heterocycles. The van der Waals surface area contributed by atoms with Crippen molar-refractivity contribution in [2.24, 2.45) is 5.10 Å². The first kappa shape index (κ1) is 17.5. The average Bonchev–Trinajstić information content (AvgIpc) is 3.10. The number of aromatic nitrogens is 3. The first-order valence-corrected chi connectivity index (χ1v) is 9.24. The standard InChI is InChI=1S/C17H12ClN5O3S/c18-12-4-6-14(7-5-12)26-9-16-19-20-17-22(16)21-15(10-27-17)11-2-1-3-13(8-11)23(24)25/h1-8H,9-10H2. The SMILES string of the molecule is O=[N+]([O-])c1cccc(C2=Nn3c(COc4ccc(Cl)cc4)nnc3SC2)c1. The molecule has 27 heavy (non-hydrogen) atoms. The summed E-state index contributed by atoms with van der Waals surface area (Å²) in [5, 5.41) is 25.1. The summed E-state index contributed by atoms with van der Waals surface area (Å²) in [6.07, 6.45) is 0. The number of non-ortho nitro benzene ring substituents is 1. The summed E-state index contributed by atoms with van der Waals surface area (Å²) < 4.78 is 7.32. The molecule has 0 atom stereocenters. The molecule has 1 aromatic heterocycles. The zero-order valence-corrected chi connectivity index (χ0v) is 15.4. The third-order valence-electron chi connectivity index (χ3n) is 3.81. The van der Waals surface area contributed by atoms with Crippen molar-refractivity contribution in [1.29, 1.82) is 0 Å². The normalized spacial score (nSPS) is 13.0. The molecule has 3 aromatic rings. The highest BCUT2D eigenvalue weighted by molar-refractivity contribution is 7.99. The summed E-state index contributed by atoms with van der Waals surface area (Å²) in [6, 6.07) is 13.4. The number of halogens is 1. The van der Waals surface area contributed by atoms with E-state index in [4.69, 9.17) is 16.3 Å². The number of hydrogen-bond acceptors (Lipinski definition) is 7. The third-order valence-corrected chi connectivity index (χ3v) is 4.99. The Morgan fingerprint density at radius 3 is 2.81 bits per heavy atom. The van der Waals surface area contributed by atoms with Gasteiger partial charge in [0.15, 0.2) is 5.82 Å². The van der Waals surface area contributed by atoms with Crippen LogP contribution in [0.25, 0.3) is 0 Å². The molecule has 4 rings (SSSR count). The molecular formula is C17H12ClN5O3S. The molecule has 0 amide bonds. The maximum Gasteiger partial charge on any atom is 0.270 e. The average molecular weight is 402 g/mol. The van der Waals surface area contributed by atoms with Crippen molar-refractivity contribution in [2.45, 2.75) is 11.8 Å². The predicted molar refractivity (Wildman–Crippen MR) is 102 cm³/mol. The third kappa shape index (κ3) is 3.79. The fraction of sp³-hybridized carbons (Fsp3) is 0.118. The highest BCUT2D eigenvalue weighted by atomic mass is 35.5. The zero-order valence-electron chi connectivity index (χ0n) is 13.8. The molecule has 8 nitrogen and oxygen atoms in total. The van der Waals surface area contributed by atoms with Crippen LogP contribution >= 0.6 is 23.4 Å². The first-order chi connectivity index (χ1) is 13.1. The molecule has 0 bridgehead atoms. The zero-order chi connectivity index (χ0) is 18.8. The molecule has 0 spiro atoms. The van der Waals surface area contributed by atoms with Gasteiger partial charge in [0.2, 0.25) is 5.16 Å². The minimum absolute atomic E-state index is 0.0287. The van der Waals surface area contributed by atoms with Gasteiger partial charge in [0, 0.05) is 28.5 Å². The number of nitro benzene ring substituents is 1. The van der Waals surface area contributed by atoms with Crippen molar-refractivity contribution in [3.8, 4) is 5.75 Å². The van der Waals surface area contributed by atoms with Crippen molar-refractivity contribution >= 4 is 34.8 Å². The van der Waals surface area contributed by atoms with Crippen molar-refractivity contribution in [2.75, 3.05) is 5.75 Å². The summed E-state index contributed by atoms with van der Waals surface area (Å²) in [5.74, 6) is 1.75. The molecule has 10 heteroatoms. The fourth-order valence-electron chi connectivity index (χ4n) is 2.48. The van der Waals surface area contributed by atoms with E-state index in [1.807, 2.05) is 0 Å². The van der Waals surface area contributed by atoms with Crippen molar-refractivity contribution < 1.29 is 9.66 Å². The Balaban J connectivity index is 1.58. The minimum Gasteiger partial charge on any atom is -0.486 e. The summed E-state index contributed by atoms with van der Waals surface area (Å²) in [4.78, 5) is 10.6. The summed E-state index contributed by atoms with van der Waals surface area (Å²) in [5.41, 5.74) is 1.44. The maximum absolute atomic E-state index is 11.0. The molecule has 1 aliphatic rings. The van der Waals surface area contributed by atoms with E-state index in [1.54, 1.807) is 41.1 Å². The van der Waals surface area contributed by atoms with Gasteiger partial charge < -0.3 is 4.74 Å². The van der Waals surface area contributed by atoms with Gasteiger partial charge in [-0.1, -0.05) is 35.5 Å². The van der Waals surface area contributed by atoms with Crippen molar-refractivity contribution in [1.82, 2.24) is 14.9 Å². The van der Waals surface area contributed by atoms with Crippen LogP contribution in [0, 0.1) is 10.1 Å². The van der Waals surface area contributed by atoms with Gasteiger partial charge in [0.25, 0.3) is 5.69 Å². The second-order valence-corrected chi connectivity index (χ2v) is 6.97. The Bertz CT molecular complexity index is 1040. The topological polar surface area (TPSA) is 95.4 Å². The fourth-order valence-corrected chi connectivity index (χ4v) is 3.46. The van der Waals surface area contributed by atoms with Gasteiger partial charge in [-0.15, -0.1) is 10.2 Å². The van der Waals surface area contributed by atoms with Crippen LogP contribution in [0.2, 0.25) is 5.02 Å². The number of hydrogen-bond donors (Lipinski definition) is 0. The molecule has 0 unspecified atom stereocenters. The van der Waals surface area contributed by atoms with Crippen LogP contribution in [0.1, 0.15) is 11.4 Å². The predicted octanol–water partition coefficient (Wildman–Crippen LogP) is 3.78. The van der Waals surface area contributed by atoms with E-state index < -0.39 is 4.92 Å². The molecule has 136 valence electrons. The molecule has 0 radical (unpaired) electrons. The van der Waals surface area contributed by atoms with Crippen LogP contribution in [-0.2, 0) is 6.61 Å². The van der Waals surface area contributed by atoms with Crippen molar-refractivity contribution in [3.05, 3.63) is 75.1 Å². The molecule has 1 aliphatic heterocycles. The van der Waals surface area contributed by atoms with Gasteiger partial charge in [-0.3, -0.25) is 10.1 Å². The van der Waals surface area contributed by atoms with E-state index in [1.165, 1.54) is 23.9 Å². The number of fused-ring (bicyclic) bond motifs is 1. The number of thioether (sulfide) groups is 1. The van der Waals surface area contributed by atoms with E-state index in [9.17, 15) is 10.1 Å². The van der Waals surface area contributed by atoms with Gasteiger partial charge in [0.1, 0.15) is 12.4 Å². The largest absolute Gasteiger partial charge is 0.486 e. The van der Waals surface area contributed by atoms with E-state index in [0.29, 0.717) is 38.8 Å². The number of rotatable bonds is 5. The summed E-state index contributed by atoms with van der Waals surface area (Å²) in [6.45, 7) is 0.181. The van der Waals surface area contributed by atoms with Gasteiger partial charge in [-0.25, -0.2) is 0 Å². The number of benzene rings is 2. The number of ether oxygens (including phenoxy) is 1. The monoisotopic (exact) mass is 401 g/mol. The number of nitro groups is 1. The highest BCUT2D eigenvalue weighted by Gasteiger charge is 2.21. The van der Waals surface area contributed by atoms with Gasteiger partial charge in [0.05, 0.1) is 10.6 Å². The van der Waals surface area contributed by atoms with E-state index >= 15 is 0 Å². The quantitative estimate of drug-likeness (QED) is 0.477. The number of nitrogens with zero attached hydrogens (tertiary/aromatic N) is 5. The van der Waals surface area contributed by atoms with Crippen LogP contribution in [0.3, 0.4) is 0 Å². The maximum atomic E-state index is 11.0. The van der Waals surface area contributed by atoms with E-state index in [2.05, 4.69) is 15.3 Å². The summed E-state index contributed by atoms with van der Waals surface area (Å²) in [7, 11) is 0. The second-order valence-electron chi connectivity index (χ2n) is 5.60. The lowest BCUT2D eigenvalue weighted by Crippen LogP contribution is -2.15. The van der Waals surface area contributed by atoms with Crippen molar-refractivity contribution in [3.63, 3.8) is 0 Å². The van der Waals surface area contributed by atoms with E-state index in [0.717, 1.165) is 0 Å². The Kier molecular flexibility index (Phi) is 4.78. The first-order valence-electron chi connectivity index (χ1n) is 7.88. The molecule has 2 heterocycles. The Labute approximate surface area is 163 Å². The molecular weight excluding hydrogens is 390 g/mol. The Hall–Kier alpha value is -2.91. The van der Waals surface area contributed by atoms with Gasteiger partial charge >= 0.3 is 0 Å². The smallest absolute Gasteiger partial charge is 0.270 e. The Morgan fingerprint density at radius 2 is 2.04 bits per heavy atom. The van der Waals surface area contributed by atoms with Gasteiger partial charge in [-0.05, 0) is 24.3 Å². The summed E-state index contributed by atoms with van der Waals surface area (Å²) >= 11 is 7.33. The molecule has 0 fully saturated rings.